The molecule has 0 fully saturated rings. The van der Waals surface area contributed by atoms with Crippen molar-refractivity contribution in [3.8, 4) is 0 Å². The van der Waals surface area contributed by atoms with Gasteiger partial charge in [-0.25, -0.2) is 0 Å². The molecule has 0 heterocycles. The zero-order valence-corrected chi connectivity index (χ0v) is 13.8. The van der Waals surface area contributed by atoms with Gasteiger partial charge in [-0.1, -0.05) is 44.0 Å². The predicted octanol–water partition coefficient (Wildman–Crippen LogP) is 5.29. The summed E-state index contributed by atoms with van der Waals surface area (Å²) in [6, 6.07) is 12.5. The first kappa shape index (κ1) is 15.0. The third-order valence-corrected chi connectivity index (χ3v) is 4.05. The molecule has 6 heteroatoms. The second-order valence-corrected chi connectivity index (χ2v) is 6.11. The molecule has 0 aromatic heterocycles. The van der Waals surface area contributed by atoms with Gasteiger partial charge < -0.3 is 5.32 Å². The van der Waals surface area contributed by atoms with E-state index in [1.54, 1.807) is 6.07 Å². The van der Waals surface area contributed by atoms with Gasteiger partial charge in [0.15, 0.2) is 0 Å². The van der Waals surface area contributed by atoms with Crippen LogP contribution in [0.4, 0.5) is 11.4 Å². The Morgan fingerprint density at radius 1 is 1.20 bits per heavy atom. The van der Waals surface area contributed by atoms with Gasteiger partial charge in [0.05, 0.1) is 4.92 Å². The second kappa shape index (κ2) is 6.37. The first-order valence-corrected chi connectivity index (χ1v) is 7.52. The highest BCUT2D eigenvalue weighted by Crippen LogP contribution is 2.29. The van der Waals surface area contributed by atoms with Crippen LogP contribution in [0.5, 0.6) is 0 Å². The van der Waals surface area contributed by atoms with Crippen molar-refractivity contribution in [3.63, 3.8) is 0 Å². The van der Waals surface area contributed by atoms with Crippen LogP contribution >= 0.6 is 31.9 Å². The lowest BCUT2D eigenvalue weighted by atomic mass is 10.1. The lowest BCUT2D eigenvalue weighted by Crippen LogP contribution is -2.07. The summed E-state index contributed by atoms with van der Waals surface area (Å²) >= 11 is 6.93. The Labute approximate surface area is 133 Å². The van der Waals surface area contributed by atoms with E-state index in [0.717, 1.165) is 20.2 Å². The highest BCUT2D eigenvalue weighted by Gasteiger charge is 2.11. The van der Waals surface area contributed by atoms with Crippen molar-refractivity contribution in [3.05, 3.63) is 67.1 Å². The molecule has 0 radical (unpaired) electrons. The van der Waals surface area contributed by atoms with E-state index in [1.165, 1.54) is 12.1 Å². The third-order valence-electron chi connectivity index (χ3n) is 2.87. The molecule has 0 aliphatic carbocycles. The van der Waals surface area contributed by atoms with Crippen molar-refractivity contribution in [2.24, 2.45) is 0 Å². The molecule has 0 amide bonds. The first-order chi connectivity index (χ1) is 9.47. The summed E-state index contributed by atoms with van der Waals surface area (Å²) in [6.45, 7) is 2.01. The number of nitrogens with one attached hydrogen (secondary N) is 1. The molecule has 2 aromatic carbocycles. The SMILES string of the molecule is CC(Nc1cccc([N+](=O)[O-])c1)c1ccc(Br)cc1Br. The summed E-state index contributed by atoms with van der Waals surface area (Å²) in [5.41, 5.74) is 1.89. The Morgan fingerprint density at radius 3 is 2.60 bits per heavy atom. The van der Waals surface area contributed by atoms with E-state index in [2.05, 4.69) is 37.2 Å². The van der Waals surface area contributed by atoms with Gasteiger partial charge in [-0.05, 0) is 30.7 Å². The second-order valence-electron chi connectivity index (χ2n) is 4.34. The Kier molecular flexibility index (Phi) is 4.77. The molecule has 20 heavy (non-hydrogen) atoms. The number of benzene rings is 2. The van der Waals surface area contributed by atoms with Gasteiger partial charge in [-0.15, -0.1) is 0 Å². The maximum Gasteiger partial charge on any atom is 0.271 e. The van der Waals surface area contributed by atoms with Gasteiger partial charge in [0.1, 0.15) is 0 Å². The van der Waals surface area contributed by atoms with E-state index in [9.17, 15) is 10.1 Å². The largest absolute Gasteiger partial charge is 0.378 e. The van der Waals surface area contributed by atoms with E-state index >= 15 is 0 Å². The minimum atomic E-state index is -0.397. The van der Waals surface area contributed by atoms with Crippen LogP contribution in [-0.4, -0.2) is 4.92 Å². The first-order valence-electron chi connectivity index (χ1n) is 5.93. The Morgan fingerprint density at radius 2 is 1.95 bits per heavy atom. The highest BCUT2D eigenvalue weighted by atomic mass is 79.9. The Bertz CT molecular complexity index is 647. The van der Waals surface area contributed by atoms with Crippen molar-refractivity contribution in [1.82, 2.24) is 0 Å². The molecule has 0 bridgehead atoms. The normalized spacial score (nSPS) is 11.9. The molecule has 1 unspecified atom stereocenters. The van der Waals surface area contributed by atoms with Crippen LogP contribution in [0.15, 0.2) is 51.4 Å². The molecule has 104 valence electrons. The standard InChI is InChI=1S/C14H12Br2N2O2/c1-9(13-6-5-10(15)7-14(13)16)17-11-3-2-4-12(8-11)18(19)20/h2-9,17H,1H3. The van der Waals surface area contributed by atoms with Crippen LogP contribution in [0.2, 0.25) is 0 Å². The van der Waals surface area contributed by atoms with E-state index in [0.29, 0.717) is 0 Å². The average molecular weight is 400 g/mol. The minimum absolute atomic E-state index is 0.0273. The van der Waals surface area contributed by atoms with Crippen LogP contribution in [0, 0.1) is 10.1 Å². The third kappa shape index (κ3) is 3.58. The highest BCUT2D eigenvalue weighted by molar-refractivity contribution is 9.11. The maximum atomic E-state index is 10.8. The summed E-state index contributed by atoms with van der Waals surface area (Å²) in [7, 11) is 0. The number of nitro benzene ring substituents is 1. The molecule has 1 atom stereocenters. The molecular weight excluding hydrogens is 388 g/mol. The molecule has 2 rings (SSSR count). The van der Waals surface area contributed by atoms with Crippen molar-refractivity contribution < 1.29 is 4.92 Å². The monoisotopic (exact) mass is 398 g/mol. The number of halogens is 2. The van der Waals surface area contributed by atoms with E-state index in [4.69, 9.17) is 0 Å². The van der Waals surface area contributed by atoms with Gasteiger partial charge in [0.25, 0.3) is 5.69 Å². The van der Waals surface area contributed by atoms with Crippen molar-refractivity contribution in [2.45, 2.75) is 13.0 Å². The Balaban J connectivity index is 2.21. The van der Waals surface area contributed by atoms with E-state index < -0.39 is 4.92 Å². The average Bonchev–Trinajstić information content (AvgIpc) is 2.38. The van der Waals surface area contributed by atoms with Crippen LogP contribution in [0.25, 0.3) is 0 Å². The summed E-state index contributed by atoms with van der Waals surface area (Å²) in [6.07, 6.45) is 0. The fourth-order valence-electron chi connectivity index (χ4n) is 1.89. The lowest BCUT2D eigenvalue weighted by molar-refractivity contribution is -0.384. The number of nitro groups is 1. The zero-order chi connectivity index (χ0) is 14.7. The molecule has 4 nitrogen and oxygen atoms in total. The summed E-state index contributed by atoms with van der Waals surface area (Å²) in [4.78, 5) is 10.4. The summed E-state index contributed by atoms with van der Waals surface area (Å²) in [5.74, 6) is 0. The molecule has 0 aliphatic rings. The number of rotatable bonds is 4. The van der Waals surface area contributed by atoms with Crippen LogP contribution in [-0.2, 0) is 0 Å². The number of hydrogen-bond donors (Lipinski definition) is 1. The Hall–Kier alpha value is -1.40. The van der Waals surface area contributed by atoms with Crippen molar-refractivity contribution in [1.29, 1.82) is 0 Å². The van der Waals surface area contributed by atoms with E-state index in [-0.39, 0.29) is 11.7 Å². The van der Waals surface area contributed by atoms with Crippen LogP contribution < -0.4 is 5.32 Å². The lowest BCUT2D eigenvalue weighted by Gasteiger charge is -2.17. The number of hydrogen-bond acceptors (Lipinski definition) is 3. The maximum absolute atomic E-state index is 10.8. The smallest absolute Gasteiger partial charge is 0.271 e. The van der Waals surface area contributed by atoms with Crippen LogP contribution in [0.1, 0.15) is 18.5 Å². The van der Waals surface area contributed by atoms with Crippen LogP contribution in [0.3, 0.4) is 0 Å². The van der Waals surface area contributed by atoms with Gasteiger partial charge in [-0.2, -0.15) is 0 Å². The number of anilines is 1. The topological polar surface area (TPSA) is 55.2 Å². The zero-order valence-electron chi connectivity index (χ0n) is 10.6. The predicted molar refractivity (Wildman–Crippen MR) is 87.0 cm³/mol. The van der Waals surface area contributed by atoms with E-state index in [1.807, 2.05) is 31.2 Å². The quantitative estimate of drug-likeness (QED) is 0.561. The molecule has 2 aromatic rings. The number of non-ortho nitro benzene ring substituents is 1. The number of nitrogens with zero attached hydrogens (tertiary/aromatic N) is 1. The fraction of sp³-hybridized carbons (Fsp3) is 0.143. The molecular formula is C14H12Br2N2O2. The molecule has 1 N–H and O–H groups in total. The molecule has 0 saturated carbocycles. The fourth-order valence-corrected chi connectivity index (χ4v) is 3.28. The van der Waals surface area contributed by atoms with Gasteiger partial charge in [0, 0.05) is 32.8 Å². The molecule has 0 spiro atoms. The summed E-state index contributed by atoms with van der Waals surface area (Å²) < 4.78 is 1.98. The van der Waals surface area contributed by atoms with Crippen molar-refractivity contribution >= 4 is 43.2 Å². The van der Waals surface area contributed by atoms with Crippen molar-refractivity contribution in [2.75, 3.05) is 5.32 Å². The van der Waals surface area contributed by atoms with Gasteiger partial charge in [-0.3, -0.25) is 10.1 Å². The molecule has 0 aliphatic heterocycles. The summed E-state index contributed by atoms with van der Waals surface area (Å²) in [5, 5.41) is 14.0. The van der Waals surface area contributed by atoms with Gasteiger partial charge in [0.2, 0.25) is 0 Å². The minimum Gasteiger partial charge on any atom is -0.378 e. The van der Waals surface area contributed by atoms with Gasteiger partial charge >= 0.3 is 0 Å². The molecule has 0 saturated heterocycles.